The van der Waals surface area contributed by atoms with Gasteiger partial charge in [-0.15, -0.1) is 0 Å². The van der Waals surface area contributed by atoms with Gasteiger partial charge < -0.3 is 10.2 Å². The first-order valence-electron chi connectivity index (χ1n) is 6.00. The highest BCUT2D eigenvalue weighted by molar-refractivity contribution is 6.29. The lowest BCUT2D eigenvalue weighted by atomic mass is 10.4. The van der Waals surface area contributed by atoms with Gasteiger partial charge in [0.05, 0.1) is 6.54 Å². The zero-order valence-electron chi connectivity index (χ0n) is 10.4. The lowest BCUT2D eigenvalue weighted by Gasteiger charge is -2.19. The quantitative estimate of drug-likeness (QED) is 0.825. The van der Waals surface area contributed by atoms with Crippen molar-refractivity contribution in [1.82, 2.24) is 24.9 Å². The molecule has 0 bridgehead atoms. The maximum absolute atomic E-state index is 11.8. The fourth-order valence-corrected chi connectivity index (χ4v) is 2.01. The molecule has 0 radical (unpaired) electrons. The fraction of sp³-hybridized carbons (Fsp3) is 0.455. The molecule has 3 rings (SSSR count). The highest BCUT2D eigenvalue weighted by Gasteiger charge is 2.24. The summed E-state index contributed by atoms with van der Waals surface area (Å²) in [6.45, 7) is 0.242. The van der Waals surface area contributed by atoms with E-state index in [0.29, 0.717) is 22.8 Å². The minimum absolute atomic E-state index is 0.00815. The average Bonchev–Trinajstić information content (AvgIpc) is 3.03. The number of carbonyl (C=O) groups excluding carboxylic acids is 1. The molecule has 1 fully saturated rings. The van der Waals surface area contributed by atoms with Crippen LogP contribution in [0.3, 0.4) is 0 Å². The number of anilines is 1. The van der Waals surface area contributed by atoms with Crippen molar-refractivity contribution in [2.24, 2.45) is 0 Å². The molecule has 2 aromatic rings. The number of hydrogen-bond donors (Lipinski definition) is 1. The van der Waals surface area contributed by atoms with Crippen molar-refractivity contribution < 1.29 is 4.79 Å². The molecule has 0 aromatic carbocycles. The second-order valence-electron chi connectivity index (χ2n) is 4.61. The van der Waals surface area contributed by atoms with Gasteiger partial charge in [0, 0.05) is 19.2 Å². The number of carbonyl (C=O) groups is 1. The first kappa shape index (κ1) is 12.2. The van der Waals surface area contributed by atoms with Gasteiger partial charge in [-0.2, -0.15) is 19.6 Å². The van der Waals surface area contributed by atoms with Crippen LogP contribution in [0.4, 0.5) is 5.82 Å². The Bertz CT molecular complexity index is 623. The van der Waals surface area contributed by atoms with E-state index in [9.17, 15) is 4.79 Å². The van der Waals surface area contributed by atoms with Crippen LogP contribution in [0.15, 0.2) is 12.4 Å². The molecule has 1 amide bonds. The third-order valence-corrected chi connectivity index (χ3v) is 3.11. The topological polar surface area (TPSA) is 75.4 Å². The third-order valence-electron chi connectivity index (χ3n) is 2.92. The third kappa shape index (κ3) is 2.60. The number of amides is 1. The minimum Gasteiger partial charge on any atom is -0.352 e. The van der Waals surface area contributed by atoms with Gasteiger partial charge in [-0.05, 0) is 12.8 Å². The van der Waals surface area contributed by atoms with Crippen LogP contribution in [-0.4, -0.2) is 45.1 Å². The second-order valence-corrected chi connectivity index (χ2v) is 4.99. The predicted octanol–water partition coefficient (Wildman–Crippen LogP) is 0.492. The first-order valence-corrected chi connectivity index (χ1v) is 6.38. The van der Waals surface area contributed by atoms with Crippen LogP contribution in [0.1, 0.15) is 12.8 Å². The van der Waals surface area contributed by atoms with Crippen molar-refractivity contribution in [2.75, 3.05) is 18.5 Å². The van der Waals surface area contributed by atoms with Gasteiger partial charge in [0.25, 0.3) is 5.78 Å². The molecule has 2 aromatic heterocycles. The first-order chi connectivity index (χ1) is 9.13. The Morgan fingerprint density at radius 1 is 1.63 bits per heavy atom. The summed E-state index contributed by atoms with van der Waals surface area (Å²) >= 11 is 5.94. The van der Waals surface area contributed by atoms with Gasteiger partial charge >= 0.3 is 0 Å². The van der Waals surface area contributed by atoms with Crippen LogP contribution < -0.4 is 10.2 Å². The number of likely N-dealkylation sites (N-methyl/N-ethyl adjacent to an activating group) is 1. The van der Waals surface area contributed by atoms with E-state index in [2.05, 4.69) is 20.4 Å². The Labute approximate surface area is 114 Å². The summed E-state index contributed by atoms with van der Waals surface area (Å²) in [4.78, 5) is 21.6. The smallest absolute Gasteiger partial charge is 0.255 e. The number of aromatic nitrogens is 4. The Hall–Kier alpha value is -1.89. The normalized spacial score (nSPS) is 14.6. The van der Waals surface area contributed by atoms with Gasteiger partial charge in [0.15, 0.2) is 0 Å². The molecule has 0 spiro atoms. The lowest BCUT2D eigenvalue weighted by molar-refractivity contribution is -0.119. The Morgan fingerprint density at radius 3 is 3.16 bits per heavy atom. The van der Waals surface area contributed by atoms with Crippen molar-refractivity contribution in [3.8, 4) is 0 Å². The molecule has 1 aliphatic rings. The van der Waals surface area contributed by atoms with Gasteiger partial charge in [0.2, 0.25) is 5.91 Å². The summed E-state index contributed by atoms with van der Waals surface area (Å²) in [6, 6.07) is 2.02. The van der Waals surface area contributed by atoms with E-state index in [1.165, 1.54) is 6.33 Å². The van der Waals surface area contributed by atoms with E-state index < -0.39 is 0 Å². The maximum atomic E-state index is 11.8. The van der Waals surface area contributed by atoms with Gasteiger partial charge in [-0.1, -0.05) is 11.6 Å². The molecular formula is C11H13ClN6O. The molecular weight excluding hydrogens is 268 g/mol. The van der Waals surface area contributed by atoms with Crippen molar-refractivity contribution >= 4 is 29.1 Å². The molecule has 100 valence electrons. The van der Waals surface area contributed by atoms with E-state index in [1.807, 2.05) is 0 Å². The van der Waals surface area contributed by atoms with Crippen molar-refractivity contribution in [1.29, 1.82) is 0 Å². The standard InChI is InChI=1S/C11H13ClN6O/c1-17(5-9(19)15-7-2-3-7)10-4-8(12)16-11-13-6-14-18(10)11/h4,6-7H,2-3,5H2,1H3,(H,15,19). The van der Waals surface area contributed by atoms with E-state index in [-0.39, 0.29) is 12.5 Å². The number of rotatable bonds is 4. The summed E-state index contributed by atoms with van der Waals surface area (Å²) in [7, 11) is 1.80. The number of nitrogens with zero attached hydrogens (tertiary/aromatic N) is 5. The number of fused-ring (bicyclic) bond motifs is 1. The fourth-order valence-electron chi connectivity index (χ4n) is 1.84. The number of halogens is 1. The lowest BCUT2D eigenvalue weighted by Crippen LogP contribution is -2.37. The van der Waals surface area contributed by atoms with Gasteiger partial charge in [0.1, 0.15) is 17.3 Å². The van der Waals surface area contributed by atoms with Crippen LogP contribution >= 0.6 is 11.6 Å². The minimum atomic E-state index is -0.00815. The molecule has 0 saturated heterocycles. The SMILES string of the molecule is CN(CC(=O)NC1CC1)c1cc(Cl)nc2ncnn12. The van der Waals surface area contributed by atoms with Crippen molar-refractivity contribution in [3.63, 3.8) is 0 Å². The largest absolute Gasteiger partial charge is 0.352 e. The highest BCUT2D eigenvalue weighted by Crippen LogP contribution is 2.19. The molecule has 2 heterocycles. The van der Waals surface area contributed by atoms with E-state index in [0.717, 1.165) is 12.8 Å². The molecule has 0 atom stereocenters. The Kier molecular flexibility index (Phi) is 2.98. The molecule has 7 nitrogen and oxygen atoms in total. The van der Waals surface area contributed by atoms with Crippen LogP contribution in [0, 0.1) is 0 Å². The molecule has 1 saturated carbocycles. The summed E-state index contributed by atoms with van der Waals surface area (Å²) in [5, 5.41) is 7.33. The van der Waals surface area contributed by atoms with Gasteiger partial charge in [-0.25, -0.2) is 0 Å². The second kappa shape index (κ2) is 4.65. The van der Waals surface area contributed by atoms with E-state index >= 15 is 0 Å². The van der Waals surface area contributed by atoms with Crippen LogP contribution in [0.5, 0.6) is 0 Å². The van der Waals surface area contributed by atoms with Crippen LogP contribution in [0.2, 0.25) is 5.15 Å². The highest BCUT2D eigenvalue weighted by atomic mass is 35.5. The molecule has 19 heavy (non-hydrogen) atoms. The summed E-state index contributed by atoms with van der Waals surface area (Å²) < 4.78 is 1.55. The van der Waals surface area contributed by atoms with E-state index in [4.69, 9.17) is 11.6 Å². The van der Waals surface area contributed by atoms with Crippen LogP contribution in [-0.2, 0) is 4.79 Å². The number of hydrogen-bond acceptors (Lipinski definition) is 5. The maximum Gasteiger partial charge on any atom is 0.255 e. The van der Waals surface area contributed by atoms with Crippen molar-refractivity contribution in [2.45, 2.75) is 18.9 Å². The monoisotopic (exact) mass is 280 g/mol. The Morgan fingerprint density at radius 2 is 2.42 bits per heavy atom. The summed E-state index contributed by atoms with van der Waals surface area (Å²) in [6.07, 6.45) is 3.55. The summed E-state index contributed by atoms with van der Waals surface area (Å²) in [5.74, 6) is 1.08. The van der Waals surface area contributed by atoms with Gasteiger partial charge in [-0.3, -0.25) is 4.79 Å². The zero-order chi connectivity index (χ0) is 13.4. The molecule has 8 heteroatoms. The van der Waals surface area contributed by atoms with Crippen molar-refractivity contribution in [3.05, 3.63) is 17.5 Å². The van der Waals surface area contributed by atoms with Crippen LogP contribution in [0.25, 0.3) is 5.78 Å². The Balaban J connectivity index is 1.81. The predicted molar refractivity (Wildman–Crippen MR) is 70.2 cm³/mol. The number of nitrogens with one attached hydrogen (secondary N) is 1. The molecule has 0 unspecified atom stereocenters. The molecule has 1 N–H and O–H groups in total. The molecule has 0 aliphatic heterocycles. The summed E-state index contributed by atoms with van der Waals surface area (Å²) in [5.41, 5.74) is 0. The zero-order valence-corrected chi connectivity index (χ0v) is 11.1. The van der Waals surface area contributed by atoms with E-state index in [1.54, 1.807) is 22.5 Å². The molecule has 1 aliphatic carbocycles. The average molecular weight is 281 g/mol.